The van der Waals surface area contributed by atoms with Gasteiger partial charge in [0.2, 0.25) is 0 Å². The molecular weight excluding hydrogens is 372 g/mol. The van der Waals surface area contributed by atoms with Crippen molar-refractivity contribution >= 4 is 49.1 Å². The Hall–Kier alpha value is -1.33. The fraction of sp³-hybridized carbons (Fsp3) is 0.0714. The van der Waals surface area contributed by atoms with E-state index in [9.17, 15) is 4.79 Å². The maximum Gasteiger partial charge on any atom is 0.256 e. The average molecular weight is 384 g/mol. The molecule has 5 heteroatoms. The lowest BCUT2D eigenvalue weighted by molar-refractivity contribution is 0.102. The molecule has 0 spiro atoms. The van der Waals surface area contributed by atoms with Crippen LogP contribution in [-0.4, -0.2) is 5.91 Å². The van der Waals surface area contributed by atoms with Crippen molar-refractivity contribution in [1.29, 1.82) is 0 Å². The van der Waals surface area contributed by atoms with Crippen LogP contribution in [0.4, 0.5) is 11.4 Å². The quantitative estimate of drug-likeness (QED) is 0.757. The van der Waals surface area contributed by atoms with Crippen LogP contribution in [0.1, 0.15) is 15.9 Å². The summed E-state index contributed by atoms with van der Waals surface area (Å²) in [6.07, 6.45) is 0. The maximum atomic E-state index is 12.2. The first-order valence-corrected chi connectivity index (χ1v) is 7.18. The number of carbonyl (C=O) groups excluding carboxylic acids is 1. The molecule has 19 heavy (non-hydrogen) atoms. The summed E-state index contributed by atoms with van der Waals surface area (Å²) >= 11 is 6.72. The average Bonchev–Trinajstić information content (AvgIpc) is 2.36. The number of hydrogen-bond acceptors (Lipinski definition) is 2. The van der Waals surface area contributed by atoms with E-state index in [0.717, 1.165) is 20.2 Å². The standard InChI is InChI=1S/C14H12Br2N2O/c1-8-6-10(3-5-13(8)17)18-14(19)11-7-9(15)2-4-12(11)16/h2-7H,17H2,1H3,(H,18,19). The summed E-state index contributed by atoms with van der Waals surface area (Å²) in [6.45, 7) is 1.90. The zero-order chi connectivity index (χ0) is 14.0. The van der Waals surface area contributed by atoms with Gasteiger partial charge in [-0.1, -0.05) is 15.9 Å². The first kappa shape index (κ1) is 14.1. The van der Waals surface area contributed by atoms with Gasteiger partial charge in [-0.05, 0) is 64.8 Å². The van der Waals surface area contributed by atoms with Gasteiger partial charge in [0.15, 0.2) is 0 Å². The number of rotatable bonds is 2. The normalized spacial score (nSPS) is 10.3. The highest BCUT2D eigenvalue weighted by Crippen LogP contribution is 2.23. The van der Waals surface area contributed by atoms with E-state index in [4.69, 9.17) is 5.73 Å². The summed E-state index contributed by atoms with van der Waals surface area (Å²) in [6, 6.07) is 10.9. The Morgan fingerprint density at radius 2 is 1.89 bits per heavy atom. The van der Waals surface area contributed by atoms with Crippen LogP contribution in [0.25, 0.3) is 0 Å². The minimum Gasteiger partial charge on any atom is -0.399 e. The van der Waals surface area contributed by atoms with Crippen LogP contribution in [-0.2, 0) is 0 Å². The molecule has 0 aromatic heterocycles. The lowest BCUT2D eigenvalue weighted by atomic mass is 10.1. The fourth-order valence-electron chi connectivity index (χ4n) is 1.62. The highest BCUT2D eigenvalue weighted by atomic mass is 79.9. The second-order valence-corrected chi connectivity index (χ2v) is 5.92. The van der Waals surface area contributed by atoms with Gasteiger partial charge in [0, 0.05) is 20.3 Å². The van der Waals surface area contributed by atoms with Crippen LogP contribution in [0.15, 0.2) is 45.3 Å². The number of benzene rings is 2. The van der Waals surface area contributed by atoms with Crippen molar-refractivity contribution < 1.29 is 4.79 Å². The highest BCUT2D eigenvalue weighted by Gasteiger charge is 2.11. The van der Waals surface area contributed by atoms with E-state index in [1.807, 2.05) is 25.1 Å². The molecule has 0 saturated carbocycles. The van der Waals surface area contributed by atoms with Gasteiger partial charge in [-0.3, -0.25) is 4.79 Å². The molecule has 2 aromatic carbocycles. The van der Waals surface area contributed by atoms with Crippen LogP contribution in [0.3, 0.4) is 0 Å². The van der Waals surface area contributed by atoms with Crippen LogP contribution in [0.5, 0.6) is 0 Å². The third-order valence-electron chi connectivity index (χ3n) is 2.70. The van der Waals surface area contributed by atoms with Crippen molar-refractivity contribution in [3.63, 3.8) is 0 Å². The van der Waals surface area contributed by atoms with Gasteiger partial charge in [-0.25, -0.2) is 0 Å². The minimum atomic E-state index is -0.169. The first-order chi connectivity index (χ1) is 8.97. The van der Waals surface area contributed by atoms with Crippen LogP contribution in [0, 0.1) is 6.92 Å². The molecule has 0 aliphatic heterocycles. The van der Waals surface area contributed by atoms with Crippen molar-refractivity contribution in [2.75, 3.05) is 11.1 Å². The summed E-state index contributed by atoms with van der Waals surface area (Å²) in [5.41, 5.74) is 8.69. The van der Waals surface area contributed by atoms with E-state index >= 15 is 0 Å². The molecule has 0 unspecified atom stereocenters. The maximum absolute atomic E-state index is 12.2. The number of carbonyl (C=O) groups is 1. The Bertz CT molecular complexity index is 641. The van der Waals surface area contributed by atoms with E-state index in [1.165, 1.54) is 0 Å². The lowest BCUT2D eigenvalue weighted by Gasteiger charge is -2.09. The number of amides is 1. The zero-order valence-corrected chi connectivity index (χ0v) is 13.4. The Morgan fingerprint density at radius 3 is 2.58 bits per heavy atom. The molecule has 0 radical (unpaired) electrons. The number of nitrogens with one attached hydrogen (secondary N) is 1. The molecule has 2 aromatic rings. The van der Waals surface area contributed by atoms with E-state index in [2.05, 4.69) is 37.2 Å². The number of anilines is 2. The fourth-order valence-corrected chi connectivity index (χ4v) is 2.41. The van der Waals surface area contributed by atoms with Gasteiger partial charge in [0.05, 0.1) is 5.56 Å². The Kier molecular flexibility index (Phi) is 4.27. The monoisotopic (exact) mass is 382 g/mol. The molecule has 98 valence electrons. The second kappa shape index (κ2) is 5.75. The second-order valence-electron chi connectivity index (χ2n) is 4.15. The van der Waals surface area contributed by atoms with Crippen molar-refractivity contribution in [3.8, 4) is 0 Å². The van der Waals surface area contributed by atoms with Gasteiger partial charge in [-0.15, -0.1) is 0 Å². The topological polar surface area (TPSA) is 55.1 Å². The molecule has 3 nitrogen and oxygen atoms in total. The van der Waals surface area contributed by atoms with Crippen molar-refractivity contribution in [3.05, 3.63) is 56.5 Å². The molecule has 2 rings (SSSR count). The van der Waals surface area contributed by atoms with Gasteiger partial charge in [0.25, 0.3) is 5.91 Å². The van der Waals surface area contributed by atoms with Crippen LogP contribution >= 0.6 is 31.9 Å². The molecular formula is C14H12Br2N2O. The minimum absolute atomic E-state index is 0.169. The van der Waals surface area contributed by atoms with Crippen molar-refractivity contribution in [2.45, 2.75) is 6.92 Å². The van der Waals surface area contributed by atoms with Crippen molar-refractivity contribution in [1.82, 2.24) is 0 Å². The van der Waals surface area contributed by atoms with E-state index < -0.39 is 0 Å². The van der Waals surface area contributed by atoms with Crippen LogP contribution in [0.2, 0.25) is 0 Å². The summed E-state index contributed by atoms with van der Waals surface area (Å²) < 4.78 is 1.61. The van der Waals surface area contributed by atoms with Gasteiger partial charge >= 0.3 is 0 Å². The SMILES string of the molecule is Cc1cc(NC(=O)c2cc(Br)ccc2Br)ccc1N. The molecule has 1 amide bonds. The van der Waals surface area contributed by atoms with Crippen molar-refractivity contribution in [2.24, 2.45) is 0 Å². The summed E-state index contributed by atoms with van der Waals surface area (Å²) in [7, 11) is 0. The van der Waals surface area contributed by atoms with Gasteiger partial charge < -0.3 is 11.1 Å². The first-order valence-electron chi connectivity index (χ1n) is 5.60. The highest BCUT2D eigenvalue weighted by molar-refractivity contribution is 9.11. The Balaban J connectivity index is 2.25. The van der Waals surface area contributed by atoms with Crippen LogP contribution < -0.4 is 11.1 Å². The number of nitrogen functional groups attached to an aromatic ring is 1. The molecule has 0 aliphatic rings. The molecule has 0 saturated heterocycles. The Morgan fingerprint density at radius 1 is 1.16 bits per heavy atom. The predicted octanol–water partition coefficient (Wildman–Crippen LogP) is 4.35. The summed E-state index contributed by atoms with van der Waals surface area (Å²) in [4.78, 5) is 12.2. The lowest BCUT2D eigenvalue weighted by Crippen LogP contribution is -2.12. The molecule has 0 atom stereocenters. The van der Waals surface area contributed by atoms with E-state index in [0.29, 0.717) is 11.3 Å². The largest absolute Gasteiger partial charge is 0.399 e. The summed E-state index contributed by atoms with van der Waals surface area (Å²) in [5.74, 6) is -0.169. The number of hydrogen-bond donors (Lipinski definition) is 2. The predicted molar refractivity (Wildman–Crippen MR) is 85.4 cm³/mol. The van der Waals surface area contributed by atoms with E-state index in [1.54, 1.807) is 18.2 Å². The third-order valence-corrected chi connectivity index (χ3v) is 3.89. The zero-order valence-electron chi connectivity index (χ0n) is 10.2. The number of halogens is 2. The van der Waals surface area contributed by atoms with E-state index in [-0.39, 0.29) is 5.91 Å². The summed E-state index contributed by atoms with van der Waals surface area (Å²) in [5, 5.41) is 2.85. The molecule has 3 N–H and O–H groups in total. The molecule has 0 aliphatic carbocycles. The Labute approximate surface area is 128 Å². The number of aryl methyl sites for hydroxylation is 1. The van der Waals surface area contributed by atoms with Gasteiger partial charge in [0.1, 0.15) is 0 Å². The molecule has 0 bridgehead atoms. The van der Waals surface area contributed by atoms with Gasteiger partial charge in [-0.2, -0.15) is 0 Å². The third kappa shape index (κ3) is 3.36. The molecule has 0 heterocycles. The number of nitrogens with two attached hydrogens (primary N) is 1. The molecule has 0 fully saturated rings. The smallest absolute Gasteiger partial charge is 0.256 e.